The largest absolute Gasteiger partial charge is 0.310 e. The van der Waals surface area contributed by atoms with Crippen LogP contribution in [0.3, 0.4) is 0 Å². The summed E-state index contributed by atoms with van der Waals surface area (Å²) < 4.78 is 17.1. The molecule has 0 saturated carbocycles. The highest BCUT2D eigenvalue weighted by atomic mass is 31.2. The molecule has 0 N–H and O–H groups in total. The number of hydrogen-bond donors (Lipinski definition) is 0. The number of fused-ring (bicyclic) bond motifs is 8. The van der Waals surface area contributed by atoms with Crippen LogP contribution in [0.2, 0.25) is 0 Å². The van der Waals surface area contributed by atoms with Crippen molar-refractivity contribution in [1.29, 1.82) is 0 Å². The third-order valence-corrected chi connectivity index (χ3v) is 15.2. The molecule has 0 radical (unpaired) electrons. The zero-order valence-electron chi connectivity index (χ0n) is 31.7. The van der Waals surface area contributed by atoms with Crippen molar-refractivity contribution in [2.24, 2.45) is 0 Å². The van der Waals surface area contributed by atoms with Gasteiger partial charge in [-0.3, -0.25) is 0 Å². The molecule has 2 aliphatic heterocycles. The van der Waals surface area contributed by atoms with Crippen LogP contribution in [0.15, 0.2) is 231 Å². The van der Waals surface area contributed by atoms with Crippen LogP contribution in [-0.2, 0) is 9.98 Å². The second kappa shape index (κ2) is 13.6. The lowest BCUT2D eigenvalue weighted by Gasteiger charge is -2.50. The Labute approximate surface area is 339 Å². The maximum absolute atomic E-state index is 17.1. The van der Waals surface area contributed by atoms with Gasteiger partial charge in [0.1, 0.15) is 0 Å². The van der Waals surface area contributed by atoms with Crippen molar-refractivity contribution >= 4 is 40.1 Å². The van der Waals surface area contributed by atoms with E-state index in [2.05, 4.69) is 223 Å². The first-order valence-electron chi connectivity index (χ1n) is 19.9. The van der Waals surface area contributed by atoms with Crippen LogP contribution in [0, 0.1) is 0 Å². The summed E-state index contributed by atoms with van der Waals surface area (Å²) in [5.41, 5.74) is 13.5. The van der Waals surface area contributed by atoms with Gasteiger partial charge in [-0.15, -0.1) is 0 Å². The quantitative estimate of drug-likeness (QED) is 0.163. The Hall–Kier alpha value is -6.99. The van der Waals surface area contributed by atoms with E-state index in [1.165, 1.54) is 0 Å². The molecule has 2 aliphatic rings. The van der Waals surface area contributed by atoms with Crippen molar-refractivity contribution in [3.05, 3.63) is 253 Å². The summed E-state index contributed by atoms with van der Waals surface area (Å²) in [4.78, 5) is 2.40. The van der Waals surface area contributed by atoms with Crippen LogP contribution in [0.1, 0.15) is 22.3 Å². The Bertz CT molecular complexity index is 2920. The van der Waals surface area contributed by atoms with Crippen molar-refractivity contribution in [2.45, 2.75) is 5.41 Å². The predicted octanol–water partition coefficient (Wildman–Crippen LogP) is 12.8. The normalized spacial score (nSPS) is 17.5. The molecule has 11 rings (SSSR count). The van der Waals surface area contributed by atoms with Crippen molar-refractivity contribution in [2.75, 3.05) is 4.90 Å². The van der Waals surface area contributed by atoms with Gasteiger partial charge in [-0.05, 0) is 104 Å². The number of anilines is 3. The van der Waals surface area contributed by atoms with E-state index in [1.54, 1.807) is 0 Å². The molecule has 0 unspecified atom stereocenters. The van der Waals surface area contributed by atoms with E-state index in [9.17, 15) is 0 Å². The smallest absolute Gasteiger partial charge is 0.171 e. The molecular formula is C55H38NOP. The fourth-order valence-electron chi connectivity index (χ4n) is 9.61. The Kier molecular flexibility index (Phi) is 8.03. The summed E-state index contributed by atoms with van der Waals surface area (Å²) in [5.74, 6) is 0. The average Bonchev–Trinajstić information content (AvgIpc) is 3.31. The van der Waals surface area contributed by atoms with Crippen LogP contribution >= 0.6 is 7.14 Å². The van der Waals surface area contributed by atoms with Gasteiger partial charge >= 0.3 is 0 Å². The lowest BCUT2D eigenvalue weighted by molar-refractivity contribution is 0.590. The fourth-order valence-corrected chi connectivity index (χ4v) is 12.8. The molecule has 0 saturated heterocycles. The van der Waals surface area contributed by atoms with Gasteiger partial charge in [-0.2, -0.15) is 0 Å². The van der Waals surface area contributed by atoms with E-state index in [1.807, 2.05) is 12.1 Å². The van der Waals surface area contributed by atoms with Gasteiger partial charge in [0.2, 0.25) is 0 Å². The Morgan fingerprint density at radius 3 is 1.31 bits per heavy atom. The van der Waals surface area contributed by atoms with Crippen LogP contribution < -0.4 is 20.8 Å². The summed E-state index contributed by atoms with van der Waals surface area (Å²) in [7, 11) is -3.51. The summed E-state index contributed by atoms with van der Waals surface area (Å²) in [5, 5.41) is 2.57. The molecule has 0 fully saturated rings. The van der Waals surface area contributed by atoms with Crippen molar-refractivity contribution in [3.8, 4) is 33.4 Å². The molecule has 9 aromatic rings. The van der Waals surface area contributed by atoms with E-state index < -0.39 is 12.6 Å². The molecule has 0 aromatic heterocycles. The monoisotopic (exact) mass is 759 g/mol. The topological polar surface area (TPSA) is 20.3 Å². The van der Waals surface area contributed by atoms with Gasteiger partial charge in [-0.1, -0.05) is 182 Å². The number of hydrogen-bond acceptors (Lipinski definition) is 2. The average molecular weight is 760 g/mol. The minimum atomic E-state index is -3.51. The Morgan fingerprint density at radius 2 is 0.759 bits per heavy atom. The lowest BCUT2D eigenvalue weighted by Crippen LogP contribution is -2.49. The molecular weight excluding hydrogens is 722 g/mol. The molecule has 3 heteroatoms. The molecule has 2 nitrogen and oxygen atoms in total. The minimum Gasteiger partial charge on any atom is -0.310 e. The van der Waals surface area contributed by atoms with Crippen LogP contribution in [0.25, 0.3) is 33.4 Å². The van der Waals surface area contributed by atoms with E-state index in [-0.39, 0.29) is 0 Å². The van der Waals surface area contributed by atoms with Gasteiger partial charge in [-0.25, -0.2) is 0 Å². The number of rotatable bonds is 5. The van der Waals surface area contributed by atoms with E-state index in [4.69, 9.17) is 0 Å². The maximum Gasteiger partial charge on any atom is 0.171 e. The molecule has 274 valence electrons. The zero-order valence-corrected chi connectivity index (χ0v) is 32.6. The molecule has 9 aromatic carbocycles. The summed E-state index contributed by atoms with van der Waals surface area (Å²) in [6.45, 7) is 0. The van der Waals surface area contributed by atoms with Crippen LogP contribution in [0.5, 0.6) is 0 Å². The molecule has 0 bridgehead atoms. The molecule has 0 aliphatic carbocycles. The van der Waals surface area contributed by atoms with Crippen molar-refractivity contribution in [1.82, 2.24) is 0 Å². The Morgan fingerprint density at radius 1 is 0.328 bits per heavy atom. The third kappa shape index (κ3) is 5.09. The van der Waals surface area contributed by atoms with Crippen molar-refractivity contribution in [3.63, 3.8) is 0 Å². The van der Waals surface area contributed by atoms with Crippen molar-refractivity contribution < 1.29 is 4.57 Å². The predicted molar refractivity (Wildman–Crippen MR) is 242 cm³/mol. The lowest BCUT2D eigenvalue weighted by atomic mass is 9.62. The molecule has 0 amide bonds. The first kappa shape index (κ1) is 34.3. The Balaban J connectivity index is 1.26. The number of para-hydroxylation sites is 2. The second-order valence-corrected chi connectivity index (χ2v) is 17.9. The summed E-state index contributed by atoms with van der Waals surface area (Å²) >= 11 is 0. The van der Waals surface area contributed by atoms with Gasteiger partial charge < -0.3 is 9.46 Å². The van der Waals surface area contributed by atoms with Gasteiger partial charge in [0.25, 0.3) is 0 Å². The standard InChI is InChI=1S/C55H38NOP/c57-58(46-36-43(40-21-7-2-8-22-40)35-44(37-46)41-23-9-3-10-24-41)53-31-17-14-28-48(53)55(49-29-15-18-32-54(49)58)47-27-13-16-30-51(47)56(45-25-11-4-12-26-45)52-34-33-42(38-50(52)55)39-19-5-1-6-20-39/h1-38H. The molecule has 58 heavy (non-hydrogen) atoms. The number of benzene rings is 9. The highest BCUT2D eigenvalue weighted by molar-refractivity contribution is 7.85. The molecule has 2 heterocycles. The van der Waals surface area contributed by atoms with Gasteiger partial charge in [0.15, 0.2) is 7.14 Å². The zero-order chi connectivity index (χ0) is 38.7. The fraction of sp³-hybridized carbons (Fsp3) is 0.0182. The van der Waals surface area contributed by atoms with E-state index >= 15 is 4.57 Å². The second-order valence-electron chi connectivity index (χ2n) is 15.2. The molecule has 1 spiro atoms. The van der Waals surface area contributed by atoms with E-state index in [0.717, 1.165) is 88.6 Å². The highest BCUT2D eigenvalue weighted by Crippen LogP contribution is 2.63. The first-order chi connectivity index (χ1) is 28.7. The highest BCUT2D eigenvalue weighted by Gasteiger charge is 2.55. The van der Waals surface area contributed by atoms with E-state index in [0.29, 0.717) is 0 Å². The first-order valence-corrected chi connectivity index (χ1v) is 21.6. The molecule has 0 atom stereocenters. The minimum absolute atomic E-state index is 0.789. The maximum atomic E-state index is 17.1. The van der Waals surface area contributed by atoms with Crippen LogP contribution in [0.4, 0.5) is 17.1 Å². The van der Waals surface area contributed by atoms with Gasteiger partial charge in [0, 0.05) is 21.6 Å². The van der Waals surface area contributed by atoms with Crippen LogP contribution in [-0.4, -0.2) is 0 Å². The third-order valence-electron chi connectivity index (χ3n) is 12.1. The summed E-state index contributed by atoms with van der Waals surface area (Å²) in [6.07, 6.45) is 0. The SMILES string of the molecule is O=P1(c2cc(-c3ccccc3)cc(-c3ccccc3)c2)c2ccccc2C2(c3ccccc3N(c3ccccc3)c3ccc(-c4ccccc4)cc32)c2ccccc21. The number of nitrogens with zero attached hydrogens (tertiary/aromatic N) is 1. The van der Waals surface area contributed by atoms with Gasteiger partial charge in [0.05, 0.1) is 16.8 Å². The summed E-state index contributed by atoms with van der Waals surface area (Å²) in [6, 6.07) is 81.7.